The van der Waals surface area contributed by atoms with Crippen molar-refractivity contribution >= 4 is 57.3 Å². The molecular formula is C21H22N2O4S2. The number of thiocarbonyl (C=S) groups is 1. The number of esters is 1. The molecule has 29 heavy (non-hydrogen) atoms. The maximum absolute atomic E-state index is 13.3. The predicted molar refractivity (Wildman–Crippen MR) is 116 cm³/mol. The number of ether oxygens (including phenoxy) is 1. The molecule has 1 aliphatic carbocycles. The van der Waals surface area contributed by atoms with Crippen molar-refractivity contribution in [2.75, 3.05) is 18.1 Å². The van der Waals surface area contributed by atoms with Crippen LogP contribution in [0.5, 0.6) is 0 Å². The van der Waals surface area contributed by atoms with Crippen molar-refractivity contribution in [3.05, 3.63) is 34.7 Å². The average Bonchev–Trinajstić information content (AvgIpc) is 3.16. The van der Waals surface area contributed by atoms with Crippen molar-refractivity contribution in [3.63, 3.8) is 0 Å². The fraction of sp³-hybridized carbons (Fsp3) is 0.429. The summed E-state index contributed by atoms with van der Waals surface area (Å²) in [6.07, 6.45) is 5.23. The summed E-state index contributed by atoms with van der Waals surface area (Å²) in [6, 6.07) is 7.32. The van der Waals surface area contributed by atoms with Crippen molar-refractivity contribution < 1.29 is 19.1 Å². The van der Waals surface area contributed by atoms with E-state index in [1.807, 2.05) is 6.07 Å². The monoisotopic (exact) mass is 430 g/mol. The van der Waals surface area contributed by atoms with Gasteiger partial charge in [0.15, 0.2) is 0 Å². The molecule has 0 radical (unpaired) electrons. The number of hydrogen-bond acceptors (Lipinski definition) is 6. The second-order valence-electron chi connectivity index (χ2n) is 7.25. The average molecular weight is 431 g/mol. The molecule has 152 valence electrons. The lowest BCUT2D eigenvalue weighted by atomic mass is 9.94. The van der Waals surface area contributed by atoms with E-state index in [0.29, 0.717) is 26.0 Å². The highest BCUT2D eigenvalue weighted by Gasteiger charge is 2.44. The first-order valence-corrected chi connectivity index (χ1v) is 11.1. The van der Waals surface area contributed by atoms with Gasteiger partial charge in [0.2, 0.25) is 0 Å². The third-order valence-corrected chi connectivity index (χ3v) is 6.88. The van der Waals surface area contributed by atoms with Gasteiger partial charge in [0, 0.05) is 11.6 Å². The number of para-hydroxylation sites is 1. The summed E-state index contributed by atoms with van der Waals surface area (Å²) in [7, 11) is 0. The largest absolute Gasteiger partial charge is 0.465 e. The summed E-state index contributed by atoms with van der Waals surface area (Å²) in [5.74, 6) is -1.03. The standard InChI is InChI=1S/C21H22N2O4S2/c1-2-27-16(24)12-22-15-11-7-6-10-14(15)17(19(22)25)18-20(26)23(21(28)29-18)13-8-4-3-5-9-13/h6-7,10-11,13H,2-5,8-9,12H2,1H3/b18-17-. The van der Waals surface area contributed by atoms with Crippen LogP contribution >= 0.6 is 24.0 Å². The van der Waals surface area contributed by atoms with Gasteiger partial charge in [-0.25, -0.2) is 0 Å². The first-order chi connectivity index (χ1) is 14.0. The zero-order chi connectivity index (χ0) is 20.5. The number of anilines is 1. The first-order valence-electron chi connectivity index (χ1n) is 9.89. The van der Waals surface area contributed by atoms with Gasteiger partial charge < -0.3 is 4.74 Å². The fourth-order valence-electron chi connectivity index (χ4n) is 4.18. The molecule has 1 saturated carbocycles. The topological polar surface area (TPSA) is 66.9 Å². The lowest BCUT2D eigenvalue weighted by molar-refractivity contribution is -0.142. The molecule has 4 rings (SSSR count). The normalized spacial score (nSPS) is 22.4. The quantitative estimate of drug-likeness (QED) is 0.414. The van der Waals surface area contributed by atoms with Crippen LogP contribution in [0.15, 0.2) is 29.2 Å². The molecule has 2 aliphatic heterocycles. The highest BCUT2D eigenvalue weighted by molar-refractivity contribution is 8.26. The van der Waals surface area contributed by atoms with Crippen molar-refractivity contribution in [2.24, 2.45) is 0 Å². The van der Waals surface area contributed by atoms with Gasteiger partial charge in [0.05, 0.1) is 22.8 Å². The number of fused-ring (bicyclic) bond motifs is 1. The molecule has 3 aliphatic rings. The van der Waals surface area contributed by atoms with Gasteiger partial charge in [0.1, 0.15) is 10.9 Å². The van der Waals surface area contributed by atoms with Gasteiger partial charge in [-0.05, 0) is 25.8 Å². The Labute approximate surface area is 179 Å². The van der Waals surface area contributed by atoms with Crippen molar-refractivity contribution in [3.8, 4) is 0 Å². The molecule has 1 aromatic carbocycles. The third-order valence-electron chi connectivity index (χ3n) is 5.48. The minimum Gasteiger partial charge on any atom is -0.465 e. The molecule has 0 aromatic heterocycles. The molecule has 1 saturated heterocycles. The van der Waals surface area contributed by atoms with E-state index in [-0.39, 0.29) is 31.0 Å². The van der Waals surface area contributed by atoms with E-state index in [1.54, 1.807) is 30.0 Å². The summed E-state index contributed by atoms with van der Waals surface area (Å²) in [5, 5.41) is 0. The van der Waals surface area contributed by atoms with Gasteiger partial charge in [-0.2, -0.15) is 0 Å². The molecule has 0 bridgehead atoms. The summed E-state index contributed by atoms with van der Waals surface area (Å²) in [6.45, 7) is 1.78. The van der Waals surface area contributed by atoms with E-state index in [4.69, 9.17) is 17.0 Å². The van der Waals surface area contributed by atoms with Crippen molar-refractivity contribution in [1.29, 1.82) is 0 Å². The van der Waals surface area contributed by atoms with Crippen LogP contribution in [0, 0.1) is 0 Å². The molecule has 2 heterocycles. The van der Waals surface area contributed by atoms with Crippen LogP contribution in [-0.2, 0) is 19.1 Å². The second-order valence-corrected chi connectivity index (χ2v) is 8.90. The minimum atomic E-state index is -0.480. The molecule has 1 aromatic rings. The van der Waals surface area contributed by atoms with Gasteiger partial charge in [0.25, 0.3) is 11.8 Å². The molecule has 2 fully saturated rings. The maximum atomic E-state index is 13.3. The zero-order valence-electron chi connectivity index (χ0n) is 16.2. The number of carbonyl (C=O) groups is 3. The molecule has 6 nitrogen and oxygen atoms in total. The smallest absolute Gasteiger partial charge is 0.326 e. The van der Waals surface area contributed by atoms with Crippen LogP contribution in [0.2, 0.25) is 0 Å². The first kappa shape index (κ1) is 20.1. The molecule has 8 heteroatoms. The number of hydrogen-bond donors (Lipinski definition) is 0. The number of nitrogens with zero attached hydrogens (tertiary/aromatic N) is 2. The minimum absolute atomic E-state index is 0.108. The Balaban J connectivity index is 1.71. The van der Waals surface area contributed by atoms with E-state index in [0.717, 1.165) is 25.7 Å². The third kappa shape index (κ3) is 3.59. The van der Waals surface area contributed by atoms with Gasteiger partial charge in [-0.1, -0.05) is 61.4 Å². The van der Waals surface area contributed by atoms with Crippen LogP contribution in [0.1, 0.15) is 44.6 Å². The van der Waals surface area contributed by atoms with Crippen LogP contribution in [0.4, 0.5) is 5.69 Å². The molecule has 2 amide bonds. The van der Waals surface area contributed by atoms with Gasteiger partial charge in [-0.15, -0.1) is 0 Å². The van der Waals surface area contributed by atoms with Gasteiger partial charge in [-0.3, -0.25) is 24.2 Å². The van der Waals surface area contributed by atoms with Crippen LogP contribution < -0.4 is 4.90 Å². The Hall–Kier alpha value is -2.19. The molecule has 0 atom stereocenters. The van der Waals surface area contributed by atoms with E-state index in [2.05, 4.69) is 0 Å². The molecule has 0 unspecified atom stereocenters. The van der Waals surface area contributed by atoms with Crippen molar-refractivity contribution in [2.45, 2.75) is 45.1 Å². The second kappa shape index (κ2) is 8.28. The predicted octanol–water partition coefficient (Wildman–Crippen LogP) is 3.50. The number of rotatable bonds is 4. The van der Waals surface area contributed by atoms with Gasteiger partial charge >= 0.3 is 5.97 Å². The van der Waals surface area contributed by atoms with E-state index in [1.165, 1.54) is 23.1 Å². The Bertz CT molecular complexity index is 921. The molecular weight excluding hydrogens is 408 g/mol. The number of carbonyl (C=O) groups excluding carboxylic acids is 3. The highest BCUT2D eigenvalue weighted by atomic mass is 32.2. The van der Waals surface area contributed by atoms with Crippen molar-refractivity contribution in [1.82, 2.24) is 4.90 Å². The van der Waals surface area contributed by atoms with E-state index < -0.39 is 5.97 Å². The molecule has 0 N–H and O–H groups in total. The molecule has 0 spiro atoms. The Kier molecular flexibility index (Phi) is 5.74. The van der Waals surface area contributed by atoms with E-state index in [9.17, 15) is 14.4 Å². The SMILES string of the molecule is CCOC(=O)CN1C(=O)/C(=C2\SC(=S)N(C3CCCCC3)C2=O)c2ccccc21. The number of benzene rings is 1. The Morgan fingerprint density at radius 3 is 2.62 bits per heavy atom. The summed E-state index contributed by atoms with van der Waals surface area (Å²) in [5.41, 5.74) is 1.61. The Morgan fingerprint density at radius 1 is 1.17 bits per heavy atom. The zero-order valence-corrected chi connectivity index (χ0v) is 17.8. The number of thioether (sulfide) groups is 1. The van der Waals surface area contributed by atoms with Crippen LogP contribution in [-0.4, -0.2) is 46.2 Å². The van der Waals surface area contributed by atoms with E-state index >= 15 is 0 Å². The lowest BCUT2D eigenvalue weighted by Crippen LogP contribution is -2.40. The highest BCUT2D eigenvalue weighted by Crippen LogP contribution is 2.45. The van der Waals surface area contributed by atoms with Crippen LogP contribution in [0.25, 0.3) is 5.57 Å². The fourth-order valence-corrected chi connectivity index (χ4v) is 5.65. The number of amides is 2. The maximum Gasteiger partial charge on any atom is 0.326 e. The summed E-state index contributed by atoms with van der Waals surface area (Å²) >= 11 is 6.71. The lowest BCUT2D eigenvalue weighted by Gasteiger charge is -2.29. The summed E-state index contributed by atoms with van der Waals surface area (Å²) in [4.78, 5) is 42.0. The Morgan fingerprint density at radius 2 is 1.90 bits per heavy atom. The van der Waals surface area contributed by atoms with Crippen LogP contribution in [0.3, 0.4) is 0 Å². The summed E-state index contributed by atoms with van der Waals surface area (Å²) < 4.78 is 5.52.